The van der Waals surface area contributed by atoms with Crippen LogP contribution in [0.4, 0.5) is 0 Å². The number of hydrogen-bond acceptors (Lipinski definition) is 2. The SMILES string of the molecule is CNCC(Cc1ccccc1)CC1CCC(C)O1. The topological polar surface area (TPSA) is 21.3 Å². The van der Waals surface area contributed by atoms with E-state index in [-0.39, 0.29) is 0 Å². The van der Waals surface area contributed by atoms with Gasteiger partial charge in [-0.2, -0.15) is 0 Å². The molecule has 1 aromatic rings. The van der Waals surface area contributed by atoms with Crippen molar-refractivity contribution in [3.63, 3.8) is 0 Å². The lowest BCUT2D eigenvalue weighted by Crippen LogP contribution is -2.25. The van der Waals surface area contributed by atoms with Gasteiger partial charge in [0, 0.05) is 0 Å². The van der Waals surface area contributed by atoms with Crippen LogP contribution in [0.15, 0.2) is 30.3 Å². The molecular weight excluding hydrogens is 222 g/mol. The zero-order valence-electron chi connectivity index (χ0n) is 11.6. The van der Waals surface area contributed by atoms with Gasteiger partial charge in [0.25, 0.3) is 0 Å². The van der Waals surface area contributed by atoms with Crippen LogP contribution in [-0.4, -0.2) is 25.8 Å². The van der Waals surface area contributed by atoms with E-state index in [1.807, 2.05) is 7.05 Å². The predicted octanol–water partition coefficient (Wildman–Crippen LogP) is 3.02. The Kier molecular flexibility index (Phi) is 5.21. The molecule has 18 heavy (non-hydrogen) atoms. The van der Waals surface area contributed by atoms with E-state index >= 15 is 0 Å². The molecule has 1 heterocycles. The summed E-state index contributed by atoms with van der Waals surface area (Å²) in [4.78, 5) is 0. The third-order valence-electron chi connectivity index (χ3n) is 3.78. The lowest BCUT2D eigenvalue weighted by Gasteiger charge is -2.20. The maximum absolute atomic E-state index is 5.95. The second-order valence-corrected chi connectivity index (χ2v) is 5.50. The highest BCUT2D eigenvalue weighted by atomic mass is 16.5. The average molecular weight is 247 g/mol. The number of nitrogens with one attached hydrogen (secondary N) is 1. The van der Waals surface area contributed by atoms with Gasteiger partial charge in [-0.15, -0.1) is 0 Å². The Morgan fingerprint density at radius 3 is 2.67 bits per heavy atom. The summed E-state index contributed by atoms with van der Waals surface area (Å²) in [5.41, 5.74) is 1.43. The molecule has 2 heteroatoms. The minimum absolute atomic E-state index is 0.460. The molecule has 1 saturated heterocycles. The molecule has 3 atom stereocenters. The highest BCUT2D eigenvalue weighted by Gasteiger charge is 2.24. The van der Waals surface area contributed by atoms with Crippen molar-refractivity contribution in [1.82, 2.24) is 5.32 Å². The van der Waals surface area contributed by atoms with Gasteiger partial charge in [0.1, 0.15) is 0 Å². The van der Waals surface area contributed by atoms with E-state index in [0.29, 0.717) is 18.1 Å². The molecule has 2 nitrogen and oxygen atoms in total. The van der Waals surface area contributed by atoms with Gasteiger partial charge in [0.05, 0.1) is 12.2 Å². The molecule has 1 fully saturated rings. The van der Waals surface area contributed by atoms with Crippen LogP contribution in [0, 0.1) is 5.92 Å². The zero-order chi connectivity index (χ0) is 12.8. The second kappa shape index (κ2) is 6.91. The van der Waals surface area contributed by atoms with E-state index in [1.54, 1.807) is 0 Å². The number of ether oxygens (including phenoxy) is 1. The summed E-state index contributed by atoms with van der Waals surface area (Å²) in [6, 6.07) is 10.8. The summed E-state index contributed by atoms with van der Waals surface area (Å²) in [5, 5.41) is 3.32. The van der Waals surface area contributed by atoms with Gasteiger partial charge >= 0.3 is 0 Å². The van der Waals surface area contributed by atoms with Crippen molar-refractivity contribution in [2.24, 2.45) is 5.92 Å². The first-order valence-corrected chi connectivity index (χ1v) is 7.12. The molecule has 0 saturated carbocycles. The molecule has 0 spiro atoms. The Morgan fingerprint density at radius 2 is 2.06 bits per heavy atom. The van der Waals surface area contributed by atoms with Crippen LogP contribution >= 0.6 is 0 Å². The fourth-order valence-corrected chi connectivity index (χ4v) is 2.91. The Morgan fingerprint density at radius 1 is 1.28 bits per heavy atom. The second-order valence-electron chi connectivity index (χ2n) is 5.50. The normalized spacial score (nSPS) is 25.2. The van der Waals surface area contributed by atoms with Crippen molar-refractivity contribution in [2.75, 3.05) is 13.6 Å². The standard InChI is InChI=1S/C16H25NO/c1-13-8-9-16(18-13)11-15(12-17-2)10-14-6-4-3-5-7-14/h3-7,13,15-17H,8-12H2,1-2H3. The van der Waals surface area contributed by atoms with Gasteiger partial charge in [-0.1, -0.05) is 30.3 Å². The monoisotopic (exact) mass is 247 g/mol. The van der Waals surface area contributed by atoms with E-state index in [4.69, 9.17) is 4.74 Å². The fourth-order valence-electron chi connectivity index (χ4n) is 2.91. The highest BCUT2D eigenvalue weighted by molar-refractivity contribution is 5.15. The molecule has 0 amide bonds. The largest absolute Gasteiger partial charge is 0.375 e. The van der Waals surface area contributed by atoms with Crippen LogP contribution in [0.25, 0.3) is 0 Å². The molecule has 1 N–H and O–H groups in total. The maximum Gasteiger partial charge on any atom is 0.0583 e. The van der Waals surface area contributed by atoms with Crippen molar-refractivity contribution in [1.29, 1.82) is 0 Å². The molecule has 0 radical (unpaired) electrons. The zero-order valence-corrected chi connectivity index (χ0v) is 11.6. The van der Waals surface area contributed by atoms with Gasteiger partial charge in [-0.05, 0) is 57.7 Å². The molecule has 3 unspecified atom stereocenters. The first kappa shape index (κ1) is 13.6. The molecule has 1 aliphatic rings. The van der Waals surface area contributed by atoms with Gasteiger partial charge in [0.15, 0.2) is 0 Å². The van der Waals surface area contributed by atoms with E-state index in [1.165, 1.54) is 24.8 Å². The highest BCUT2D eigenvalue weighted by Crippen LogP contribution is 2.25. The number of benzene rings is 1. The molecule has 0 aromatic heterocycles. The van der Waals surface area contributed by atoms with E-state index in [0.717, 1.165) is 13.0 Å². The van der Waals surface area contributed by atoms with Crippen molar-refractivity contribution in [2.45, 2.75) is 44.8 Å². The average Bonchev–Trinajstić information content (AvgIpc) is 2.76. The van der Waals surface area contributed by atoms with E-state index in [2.05, 4.69) is 42.6 Å². The molecule has 100 valence electrons. The van der Waals surface area contributed by atoms with Gasteiger partial charge in [-0.25, -0.2) is 0 Å². The van der Waals surface area contributed by atoms with Gasteiger partial charge in [0.2, 0.25) is 0 Å². The van der Waals surface area contributed by atoms with Gasteiger partial charge in [-0.3, -0.25) is 0 Å². The van der Waals surface area contributed by atoms with Gasteiger partial charge < -0.3 is 10.1 Å². The summed E-state index contributed by atoms with van der Waals surface area (Å²) in [5.74, 6) is 0.674. The quantitative estimate of drug-likeness (QED) is 0.834. The van der Waals surface area contributed by atoms with Crippen LogP contribution in [-0.2, 0) is 11.2 Å². The van der Waals surface area contributed by atoms with Crippen LogP contribution < -0.4 is 5.32 Å². The summed E-state index contributed by atoms with van der Waals surface area (Å²) in [6.07, 6.45) is 5.72. The Bertz CT molecular complexity index is 338. The Labute approximate surface area is 111 Å². The van der Waals surface area contributed by atoms with Crippen LogP contribution in [0.3, 0.4) is 0 Å². The van der Waals surface area contributed by atoms with E-state index < -0.39 is 0 Å². The first-order chi connectivity index (χ1) is 8.78. The number of hydrogen-bond donors (Lipinski definition) is 1. The maximum atomic E-state index is 5.95. The van der Waals surface area contributed by atoms with E-state index in [9.17, 15) is 0 Å². The molecule has 1 aliphatic heterocycles. The van der Waals surface area contributed by atoms with Crippen LogP contribution in [0.1, 0.15) is 31.7 Å². The summed E-state index contributed by atoms with van der Waals surface area (Å²) in [7, 11) is 2.04. The lowest BCUT2D eigenvalue weighted by molar-refractivity contribution is 0.0409. The Hall–Kier alpha value is -0.860. The smallest absolute Gasteiger partial charge is 0.0583 e. The van der Waals surface area contributed by atoms with Crippen molar-refractivity contribution in [3.05, 3.63) is 35.9 Å². The Balaban J connectivity index is 1.87. The number of rotatable bonds is 6. The van der Waals surface area contributed by atoms with Crippen molar-refractivity contribution in [3.8, 4) is 0 Å². The third kappa shape index (κ3) is 4.11. The minimum Gasteiger partial charge on any atom is -0.375 e. The lowest BCUT2D eigenvalue weighted by atomic mass is 9.92. The minimum atomic E-state index is 0.460. The summed E-state index contributed by atoms with van der Waals surface area (Å²) < 4.78 is 5.95. The fraction of sp³-hybridized carbons (Fsp3) is 0.625. The van der Waals surface area contributed by atoms with Crippen LogP contribution in [0.2, 0.25) is 0 Å². The van der Waals surface area contributed by atoms with Crippen molar-refractivity contribution < 1.29 is 4.74 Å². The van der Waals surface area contributed by atoms with Crippen molar-refractivity contribution >= 4 is 0 Å². The molecule has 0 aliphatic carbocycles. The molecule has 1 aromatic carbocycles. The predicted molar refractivity (Wildman–Crippen MR) is 75.7 cm³/mol. The van der Waals surface area contributed by atoms with Crippen LogP contribution in [0.5, 0.6) is 0 Å². The molecule has 0 bridgehead atoms. The summed E-state index contributed by atoms with van der Waals surface area (Å²) in [6.45, 7) is 3.26. The molecule has 2 rings (SSSR count). The third-order valence-corrected chi connectivity index (χ3v) is 3.78. The first-order valence-electron chi connectivity index (χ1n) is 7.12. The molecular formula is C16H25NO. The summed E-state index contributed by atoms with van der Waals surface area (Å²) >= 11 is 0.